The summed E-state index contributed by atoms with van der Waals surface area (Å²) in [6, 6.07) is -13.4. The Morgan fingerprint density at radius 1 is 0.511 bits per heavy atom. The Morgan fingerprint density at radius 2 is 0.944 bits per heavy atom. The summed E-state index contributed by atoms with van der Waals surface area (Å²) in [4.78, 5) is 170. The molecule has 0 aromatic carbocycles. The number of aliphatic hydroxyl groups excluding tert-OH is 2. The van der Waals surface area contributed by atoms with Crippen molar-refractivity contribution in [2.75, 3.05) is 74.0 Å². The maximum atomic E-state index is 15.2. The fourth-order valence-electron chi connectivity index (χ4n) is 11.1. The minimum Gasteiger partial charge on any atom is -0.395 e. The molecule has 25 nitrogen and oxygen atoms in total. The summed E-state index contributed by atoms with van der Waals surface area (Å²) < 4.78 is 13.4. The number of nitrogens with one attached hydrogen (secondary N) is 4. The number of allylic oxidation sites excluding steroid dienone is 2. The van der Waals surface area contributed by atoms with Crippen molar-refractivity contribution in [3.8, 4) is 0 Å². The lowest BCUT2D eigenvalue weighted by molar-refractivity contribution is -0.157. The smallest absolute Gasteiger partial charge is 0.246 e. The Hall–Kier alpha value is -6.02. The van der Waals surface area contributed by atoms with Crippen LogP contribution in [0.5, 0.6) is 0 Å². The molecular weight excluding hydrogens is 1180 g/mol. The van der Waals surface area contributed by atoms with E-state index in [2.05, 4.69) is 21.3 Å². The molecular formula is C64H115N11O14S. The normalized spacial score (nSPS) is 26.4. The van der Waals surface area contributed by atoms with Gasteiger partial charge in [0.25, 0.3) is 0 Å². The van der Waals surface area contributed by atoms with Crippen LogP contribution in [0.3, 0.4) is 0 Å². The first-order chi connectivity index (χ1) is 41.6. The number of hydrogen-bond acceptors (Lipinski definition) is 14. The standard InChI is InChI=1S/C64H115N11O14S/c1-24-26-27-42(15)54(78)53-58(82)66-44(25-2)59(83)69(17)34-50(77)70(18)46(30-36(3)4)57(81)68-51(40(11)12)63(87)71(19)47(31-37(5)6)56(80)65-43(16)55(79)67-45(35-90(89)29-28-76)60(84)72(20)48(32-38(7)8)61(85)73(21)49(33-39(9)10)62(86)74(22)52(41(13)14)64(88)75(53)23/h24,26,36-49,51-54,76,78H,25,27-35H2,1-23H3,(H,65,80)(H,66,82)(H,67,79)(H,68,81)/b26-24+/t42-,43+,44+,45-,46+,47+,48+,49+,51+,52+,53+,54-,90?/m1/s1. The second kappa shape index (κ2) is 38.1. The van der Waals surface area contributed by atoms with Gasteiger partial charge in [0, 0.05) is 65.9 Å². The number of rotatable bonds is 19. The van der Waals surface area contributed by atoms with Crippen LogP contribution in [0.25, 0.3) is 0 Å². The molecule has 26 heteroatoms. The van der Waals surface area contributed by atoms with Crippen LogP contribution in [0, 0.1) is 41.4 Å². The topological polar surface area (TPSA) is 316 Å². The zero-order valence-corrected chi connectivity index (χ0v) is 59.3. The minimum atomic E-state index is -1.90. The van der Waals surface area contributed by atoms with Gasteiger partial charge in [-0.1, -0.05) is 109 Å². The van der Waals surface area contributed by atoms with E-state index in [-0.39, 0.29) is 67.9 Å². The molecule has 0 radical (unpaired) electrons. The Kier molecular flexibility index (Phi) is 34.7. The molecule has 1 unspecified atom stereocenters. The van der Waals surface area contributed by atoms with Crippen LogP contribution in [-0.4, -0.2) is 254 Å². The van der Waals surface area contributed by atoms with Gasteiger partial charge in [-0.15, -0.1) is 0 Å². The number of amides is 11. The minimum absolute atomic E-state index is 0.00214. The molecule has 1 fully saturated rings. The lowest BCUT2D eigenvalue weighted by Gasteiger charge is -2.41. The molecule has 6 N–H and O–H groups in total. The van der Waals surface area contributed by atoms with E-state index >= 15 is 14.4 Å². The highest BCUT2D eigenvalue weighted by Crippen LogP contribution is 2.26. The summed E-state index contributed by atoms with van der Waals surface area (Å²) >= 11 is 0. The SMILES string of the molecule is C/C=C/C[C@@H](C)[C@@H](O)[C@H]1C(=O)N[C@@H](CC)C(=O)N(C)CC(=O)N(C)[C@@H](CC(C)C)C(=O)N[C@@H](C(C)C)C(=O)N(C)[C@@H](CC(C)C)C(=O)N[C@@H](C)C(=O)N[C@H](CS(=O)CCO)C(=O)N(C)[C@@H](CC(C)C)C(=O)N(C)[C@@H](CC(C)C)C(=O)N(C)[C@@H](C(C)C)C(=O)N1C. The van der Waals surface area contributed by atoms with Gasteiger partial charge in [0.05, 0.1) is 25.0 Å². The number of carbonyl (C=O) groups is 11. The molecule has 1 aliphatic heterocycles. The number of nitrogens with zero attached hydrogens (tertiary/aromatic N) is 7. The van der Waals surface area contributed by atoms with Crippen molar-refractivity contribution in [3.05, 3.63) is 12.2 Å². The molecule has 1 aliphatic rings. The van der Waals surface area contributed by atoms with Crippen molar-refractivity contribution in [1.29, 1.82) is 0 Å². The van der Waals surface area contributed by atoms with E-state index in [0.29, 0.717) is 0 Å². The number of aliphatic hydroxyl groups is 2. The number of likely N-dealkylation sites (N-methyl/N-ethyl adjacent to an activating group) is 7. The van der Waals surface area contributed by atoms with E-state index in [1.807, 2.05) is 55.4 Å². The summed E-state index contributed by atoms with van der Waals surface area (Å²) in [6.07, 6.45) is 2.67. The van der Waals surface area contributed by atoms with Gasteiger partial charge in [0.15, 0.2) is 0 Å². The van der Waals surface area contributed by atoms with Gasteiger partial charge in [-0.25, -0.2) is 0 Å². The van der Waals surface area contributed by atoms with Gasteiger partial charge in [-0.05, 0) is 93.8 Å². The molecule has 0 aromatic rings. The number of hydrogen-bond donors (Lipinski definition) is 6. The largest absolute Gasteiger partial charge is 0.395 e. The molecule has 13 atom stereocenters. The van der Waals surface area contributed by atoms with Crippen LogP contribution in [-0.2, 0) is 63.5 Å². The van der Waals surface area contributed by atoms with Crippen LogP contribution in [0.4, 0.5) is 0 Å². The molecule has 0 saturated carbocycles. The Balaban J connectivity index is 4.48. The van der Waals surface area contributed by atoms with Crippen molar-refractivity contribution in [2.45, 2.75) is 216 Å². The van der Waals surface area contributed by atoms with Crippen LogP contribution >= 0.6 is 0 Å². The Morgan fingerprint density at radius 3 is 1.40 bits per heavy atom. The average Bonchev–Trinajstić information content (AvgIpc) is 1.03. The lowest BCUT2D eigenvalue weighted by Crippen LogP contribution is -2.63. The molecule has 0 aliphatic carbocycles. The Bertz CT molecular complexity index is 2490. The van der Waals surface area contributed by atoms with E-state index in [0.717, 1.165) is 14.7 Å². The quantitative estimate of drug-likeness (QED) is 0.101. The molecule has 1 saturated heterocycles. The van der Waals surface area contributed by atoms with E-state index in [4.69, 9.17) is 0 Å². The van der Waals surface area contributed by atoms with Crippen molar-refractivity contribution >= 4 is 75.8 Å². The third kappa shape index (κ3) is 23.6. The first kappa shape index (κ1) is 82.0. The molecule has 1 rings (SSSR count). The third-order valence-electron chi connectivity index (χ3n) is 16.6. The maximum absolute atomic E-state index is 15.2. The predicted octanol–water partition coefficient (Wildman–Crippen LogP) is 1.99. The molecule has 516 valence electrons. The highest BCUT2D eigenvalue weighted by Gasteiger charge is 2.46. The fourth-order valence-corrected chi connectivity index (χ4v) is 12.0. The van der Waals surface area contributed by atoms with E-state index < -0.39 is 179 Å². The molecule has 90 heavy (non-hydrogen) atoms. The van der Waals surface area contributed by atoms with E-state index in [1.54, 1.807) is 60.6 Å². The van der Waals surface area contributed by atoms with Crippen LogP contribution in [0.1, 0.15) is 149 Å². The zero-order valence-electron chi connectivity index (χ0n) is 58.5. The highest BCUT2D eigenvalue weighted by atomic mass is 32.2. The molecule has 0 aromatic heterocycles. The Labute approximate surface area is 539 Å². The summed E-state index contributed by atoms with van der Waals surface area (Å²) in [5.41, 5.74) is 0. The number of carbonyl (C=O) groups excluding carboxylic acids is 11. The summed E-state index contributed by atoms with van der Waals surface area (Å²) in [5.74, 6) is -11.6. The van der Waals surface area contributed by atoms with Crippen molar-refractivity contribution < 1.29 is 67.2 Å². The van der Waals surface area contributed by atoms with E-state index in [1.165, 1.54) is 75.9 Å². The molecule has 1 heterocycles. The summed E-state index contributed by atoms with van der Waals surface area (Å²) in [7, 11) is 7.75. The van der Waals surface area contributed by atoms with Crippen molar-refractivity contribution in [2.24, 2.45) is 41.4 Å². The average molecular weight is 1290 g/mol. The molecule has 0 spiro atoms. The van der Waals surface area contributed by atoms with Crippen LogP contribution in [0.2, 0.25) is 0 Å². The first-order valence-electron chi connectivity index (χ1n) is 32.0. The summed E-state index contributed by atoms with van der Waals surface area (Å²) in [5, 5.41) is 32.8. The summed E-state index contributed by atoms with van der Waals surface area (Å²) in [6.45, 7) is 26.9. The zero-order chi connectivity index (χ0) is 69.7. The third-order valence-corrected chi connectivity index (χ3v) is 18.0. The predicted molar refractivity (Wildman–Crippen MR) is 348 cm³/mol. The van der Waals surface area contributed by atoms with Crippen molar-refractivity contribution in [3.63, 3.8) is 0 Å². The molecule has 11 amide bonds. The lowest BCUT2D eigenvalue weighted by atomic mass is 9.91. The van der Waals surface area contributed by atoms with Gasteiger partial charge in [0.1, 0.15) is 60.4 Å². The van der Waals surface area contributed by atoms with Gasteiger partial charge < -0.3 is 65.8 Å². The molecule has 0 bridgehead atoms. The van der Waals surface area contributed by atoms with Gasteiger partial charge in [0.2, 0.25) is 65.0 Å². The van der Waals surface area contributed by atoms with Gasteiger partial charge in [-0.2, -0.15) is 0 Å². The maximum Gasteiger partial charge on any atom is 0.246 e. The first-order valence-corrected chi connectivity index (χ1v) is 33.4. The second-order valence-corrected chi connectivity index (χ2v) is 28.6. The monoisotopic (exact) mass is 1290 g/mol. The van der Waals surface area contributed by atoms with Crippen LogP contribution in [0.15, 0.2) is 12.2 Å². The van der Waals surface area contributed by atoms with Crippen LogP contribution < -0.4 is 21.3 Å². The van der Waals surface area contributed by atoms with Crippen molar-refractivity contribution in [1.82, 2.24) is 55.6 Å². The highest BCUT2D eigenvalue weighted by molar-refractivity contribution is 7.85. The fraction of sp³-hybridized carbons (Fsp3) is 0.797. The van der Waals surface area contributed by atoms with E-state index in [9.17, 15) is 52.8 Å². The van der Waals surface area contributed by atoms with Gasteiger partial charge in [-0.3, -0.25) is 56.9 Å². The van der Waals surface area contributed by atoms with Gasteiger partial charge >= 0.3 is 0 Å². The second-order valence-electron chi connectivity index (χ2n) is 27.0.